The molecule has 1 N–H and O–H groups in total. The predicted octanol–water partition coefficient (Wildman–Crippen LogP) is 1.98. The van der Waals surface area contributed by atoms with E-state index in [2.05, 4.69) is 0 Å². The van der Waals surface area contributed by atoms with Gasteiger partial charge in [-0.15, -0.1) is 0 Å². The molecule has 2 unspecified atom stereocenters. The lowest BCUT2D eigenvalue weighted by molar-refractivity contribution is -0.130. The van der Waals surface area contributed by atoms with Gasteiger partial charge in [-0.05, 0) is 30.9 Å². The third-order valence-electron chi connectivity index (χ3n) is 5.29. The number of nitrogens with zero attached hydrogens (tertiary/aromatic N) is 2. The first kappa shape index (κ1) is 17.0. The summed E-state index contributed by atoms with van der Waals surface area (Å²) in [6.07, 6.45) is 4.18. The van der Waals surface area contributed by atoms with E-state index < -0.39 is 0 Å². The molecule has 1 aromatic carbocycles. The summed E-state index contributed by atoms with van der Waals surface area (Å²) in [5.74, 6) is 0.316. The van der Waals surface area contributed by atoms with Gasteiger partial charge >= 0.3 is 0 Å². The Morgan fingerprint density at radius 1 is 1.29 bits per heavy atom. The highest BCUT2D eigenvalue weighted by molar-refractivity contribution is 5.96. The van der Waals surface area contributed by atoms with Gasteiger partial charge in [-0.2, -0.15) is 0 Å². The molecule has 5 nitrogen and oxygen atoms in total. The van der Waals surface area contributed by atoms with Gasteiger partial charge in [0, 0.05) is 44.6 Å². The maximum atomic E-state index is 12.4. The van der Waals surface area contributed by atoms with Crippen molar-refractivity contribution < 1.29 is 14.7 Å². The minimum atomic E-state index is -0.282. The second kappa shape index (κ2) is 7.34. The molecule has 2 aliphatic rings. The first-order chi connectivity index (χ1) is 11.6. The van der Waals surface area contributed by atoms with E-state index in [0.717, 1.165) is 31.4 Å². The van der Waals surface area contributed by atoms with E-state index in [1.165, 1.54) is 5.56 Å². The lowest BCUT2D eigenvalue weighted by Gasteiger charge is -2.30. The molecule has 24 heavy (non-hydrogen) atoms. The Hall–Kier alpha value is -1.88. The van der Waals surface area contributed by atoms with E-state index in [1.807, 2.05) is 24.3 Å². The third kappa shape index (κ3) is 3.61. The Labute approximate surface area is 143 Å². The molecule has 1 fully saturated rings. The van der Waals surface area contributed by atoms with Crippen LogP contribution in [0.15, 0.2) is 24.3 Å². The van der Waals surface area contributed by atoms with Gasteiger partial charge in [0.25, 0.3) is 0 Å². The molecule has 2 atom stereocenters. The number of aryl methyl sites for hydroxylation is 1. The molecule has 1 heterocycles. The molecule has 130 valence electrons. The van der Waals surface area contributed by atoms with E-state index in [0.29, 0.717) is 25.9 Å². The van der Waals surface area contributed by atoms with Gasteiger partial charge in [0.05, 0.1) is 6.10 Å². The summed E-state index contributed by atoms with van der Waals surface area (Å²) in [7, 11) is 1.79. The number of rotatable bonds is 5. The molecule has 2 amide bonds. The van der Waals surface area contributed by atoms with Gasteiger partial charge in [-0.25, -0.2) is 0 Å². The van der Waals surface area contributed by atoms with E-state index in [1.54, 1.807) is 16.8 Å². The highest BCUT2D eigenvalue weighted by Crippen LogP contribution is 2.28. The van der Waals surface area contributed by atoms with Crippen LogP contribution in [-0.4, -0.2) is 48.1 Å². The smallest absolute Gasteiger partial charge is 0.227 e. The Morgan fingerprint density at radius 3 is 2.83 bits per heavy atom. The predicted molar refractivity (Wildman–Crippen MR) is 92.7 cm³/mol. The lowest BCUT2D eigenvalue weighted by atomic mass is 10.0. The summed E-state index contributed by atoms with van der Waals surface area (Å²) in [5, 5.41) is 9.91. The van der Waals surface area contributed by atoms with Crippen LogP contribution in [0.1, 0.15) is 37.7 Å². The number of hydrogen-bond acceptors (Lipinski definition) is 3. The largest absolute Gasteiger partial charge is 0.393 e. The number of aliphatic hydroxyl groups excluding tert-OH is 1. The number of para-hydroxylation sites is 1. The second-order valence-electron chi connectivity index (χ2n) is 6.96. The number of hydrogen-bond donors (Lipinski definition) is 1. The molecule has 1 saturated carbocycles. The molecule has 1 aromatic rings. The van der Waals surface area contributed by atoms with Crippen molar-refractivity contribution in [3.63, 3.8) is 0 Å². The lowest BCUT2D eigenvalue weighted by Crippen LogP contribution is -2.40. The van der Waals surface area contributed by atoms with Crippen molar-refractivity contribution >= 4 is 17.5 Å². The van der Waals surface area contributed by atoms with Crippen molar-refractivity contribution in [1.29, 1.82) is 0 Å². The molecular formula is C19H26N2O3. The number of fused-ring (bicyclic) bond motifs is 1. The van der Waals surface area contributed by atoms with E-state index in [4.69, 9.17) is 0 Å². The number of amides is 2. The summed E-state index contributed by atoms with van der Waals surface area (Å²) >= 11 is 0. The third-order valence-corrected chi connectivity index (χ3v) is 5.29. The van der Waals surface area contributed by atoms with Crippen LogP contribution >= 0.6 is 0 Å². The maximum Gasteiger partial charge on any atom is 0.227 e. The highest BCUT2D eigenvalue weighted by atomic mass is 16.3. The minimum absolute atomic E-state index is 0.0324. The van der Waals surface area contributed by atoms with E-state index in [-0.39, 0.29) is 23.8 Å². The van der Waals surface area contributed by atoms with Crippen molar-refractivity contribution in [2.75, 3.05) is 25.0 Å². The quantitative estimate of drug-likeness (QED) is 0.898. The number of anilines is 1. The minimum Gasteiger partial charge on any atom is -0.393 e. The number of carbonyl (C=O) groups is 2. The van der Waals surface area contributed by atoms with Crippen LogP contribution in [0.5, 0.6) is 0 Å². The molecule has 1 aliphatic carbocycles. The Balaban J connectivity index is 1.57. The molecule has 0 radical (unpaired) electrons. The van der Waals surface area contributed by atoms with Crippen molar-refractivity contribution in [1.82, 2.24) is 4.90 Å². The Kier molecular flexibility index (Phi) is 5.19. The van der Waals surface area contributed by atoms with Gasteiger partial charge in [0.2, 0.25) is 11.8 Å². The summed E-state index contributed by atoms with van der Waals surface area (Å²) < 4.78 is 0. The fraction of sp³-hybridized carbons (Fsp3) is 0.579. The fourth-order valence-electron chi connectivity index (χ4n) is 3.82. The molecular weight excluding hydrogens is 304 g/mol. The van der Waals surface area contributed by atoms with Crippen molar-refractivity contribution in [3.05, 3.63) is 29.8 Å². The first-order valence-corrected chi connectivity index (χ1v) is 8.86. The number of benzene rings is 1. The molecule has 0 aromatic heterocycles. The summed E-state index contributed by atoms with van der Waals surface area (Å²) in [5.41, 5.74) is 2.11. The Morgan fingerprint density at radius 2 is 2.08 bits per heavy atom. The zero-order valence-electron chi connectivity index (χ0n) is 14.3. The number of aliphatic hydroxyl groups is 1. The van der Waals surface area contributed by atoms with Crippen LogP contribution in [0, 0.1) is 5.92 Å². The van der Waals surface area contributed by atoms with Crippen LogP contribution in [0.2, 0.25) is 0 Å². The second-order valence-corrected chi connectivity index (χ2v) is 6.96. The highest BCUT2D eigenvalue weighted by Gasteiger charge is 2.28. The van der Waals surface area contributed by atoms with Gasteiger partial charge in [-0.3, -0.25) is 9.59 Å². The van der Waals surface area contributed by atoms with Crippen LogP contribution in [0.25, 0.3) is 0 Å². The zero-order valence-corrected chi connectivity index (χ0v) is 14.3. The molecule has 1 aliphatic heterocycles. The monoisotopic (exact) mass is 330 g/mol. The van der Waals surface area contributed by atoms with Gasteiger partial charge in [0.1, 0.15) is 0 Å². The average Bonchev–Trinajstić information content (AvgIpc) is 2.98. The Bertz CT molecular complexity index is 616. The molecule has 3 rings (SSSR count). The molecule has 0 saturated heterocycles. The van der Waals surface area contributed by atoms with Crippen LogP contribution in [0.3, 0.4) is 0 Å². The topological polar surface area (TPSA) is 60.9 Å². The zero-order chi connectivity index (χ0) is 17.1. The normalized spacial score (nSPS) is 23.2. The molecule has 0 bridgehead atoms. The number of carbonyl (C=O) groups excluding carboxylic acids is 2. The standard InChI is InChI=1S/C19H26N2O3/c1-20(13-15-6-4-8-17(15)22)18(23)11-12-21-16-7-3-2-5-14(16)9-10-19(21)24/h2-3,5,7,15,17,22H,4,6,8-13H2,1H3. The SMILES string of the molecule is CN(CC1CCCC1O)C(=O)CCN1C(=O)CCc2ccccc21. The fourth-order valence-corrected chi connectivity index (χ4v) is 3.82. The first-order valence-electron chi connectivity index (χ1n) is 8.86. The van der Waals surface area contributed by atoms with Gasteiger partial charge in [0.15, 0.2) is 0 Å². The summed E-state index contributed by atoms with van der Waals surface area (Å²) in [4.78, 5) is 28.1. The maximum absolute atomic E-state index is 12.4. The van der Waals surface area contributed by atoms with Crippen LogP contribution in [-0.2, 0) is 16.0 Å². The summed E-state index contributed by atoms with van der Waals surface area (Å²) in [6, 6.07) is 7.91. The van der Waals surface area contributed by atoms with E-state index >= 15 is 0 Å². The molecule has 0 spiro atoms. The van der Waals surface area contributed by atoms with Gasteiger partial charge < -0.3 is 14.9 Å². The summed E-state index contributed by atoms with van der Waals surface area (Å²) in [6.45, 7) is 1.02. The van der Waals surface area contributed by atoms with Crippen LogP contribution in [0.4, 0.5) is 5.69 Å². The van der Waals surface area contributed by atoms with Crippen molar-refractivity contribution in [2.24, 2.45) is 5.92 Å². The van der Waals surface area contributed by atoms with Crippen LogP contribution < -0.4 is 4.90 Å². The average molecular weight is 330 g/mol. The van der Waals surface area contributed by atoms with Crippen molar-refractivity contribution in [2.45, 2.75) is 44.6 Å². The van der Waals surface area contributed by atoms with Gasteiger partial charge in [-0.1, -0.05) is 24.6 Å². The van der Waals surface area contributed by atoms with Crippen molar-refractivity contribution in [3.8, 4) is 0 Å². The van der Waals surface area contributed by atoms with E-state index in [9.17, 15) is 14.7 Å². The molecule has 5 heteroatoms.